The van der Waals surface area contributed by atoms with E-state index in [2.05, 4.69) is 55.1 Å². The minimum atomic E-state index is -0.647. The Morgan fingerprint density at radius 2 is 1.76 bits per heavy atom. The molecule has 2 aliphatic rings. The zero-order chi connectivity index (χ0) is 23.8. The van der Waals surface area contributed by atoms with Crippen molar-refractivity contribution in [1.29, 1.82) is 0 Å². The number of likely N-dealkylation sites (tertiary alicyclic amines) is 1. The molecule has 176 valence electrons. The average molecular weight is 462 g/mol. The summed E-state index contributed by atoms with van der Waals surface area (Å²) in [4.78, 5) is 9.40. The van der Waals surface area contributed by atoms with Crippen LogP contribution in [0, 0.1) is 25.5 Å². The van der Waals surface area contributed by atoms with Gasteiger partial charge in [0.15, 0.2) is 11.7 Å². The molecule has 0 unspecified atom stereocenters. The van der Waals surface area contributed by atoms with Gasteiger partial charge in [0.05, 0.1) is 5.56 Å². The molecule has 5 rings (SSSR count). The number of piperidine rings is 1. The quantitative estimate of drug-likeness (QED) is 0.446. The molecule has 0 N–H and O–H groups in total. The number of aryl methyl sites for hydroxylation is 2. The van der Waals surface area contributed by atoms with E-state index >= 15 is 0 Å². The Labute approximate surface area is 199 Å². The molecule has 0 radical (unpaired) electrons. The number of oxazole rings is 1. The highest BCUT2D eigenvalue weighted by Gasteiger charge is 2.29. The number of rotatable bonds is 4. The van der Waals surface area contributed by atoms with Crippen molar-refractivity contribution in [2.24, 2.45) is 0 Å². The van der Waals surface area contributed by atoms with Crippen LogP contribution in [0.2, 0.25) is 0 Å². The standard InChI is InChI=1S/C28H29F2N3O/c1-18-6-4-7-19(2)26(18)33-13-5-8-21(17-33)25-27(23-10-9-22(29)16-24(23)30)34-28(31-25)20-11-14-32(3)15-12-20/h4-10,13,16,20H,11-12,14-15,17H2,1-3H3. The molecule has 3 heterocycles. The second-order valence-corrected chi connectivity index (χ2v) is 9.33. The predicted octanol–water partition coefficient (Wildman–Crippen LogP) is 6.46. The second-order valence-electron chi connectivity index (χ2n) is 9.33. The maximum Gasteiger partial charge on any atom is 0.198 e. The van der Waals surface area contributed by atoms with Gasteiger partial charge in [0.1, 0.15) is 17.3 Å². The van der Waals surface area contributed by atoms with Gasteiger partial charge in [-0.2, -0.15) is 0 Å². The third-order valence-electron chi connectivity index (χ3n) is 6.82. The maximum absolute atomic E-state index is 14.9. The Kier molecular flexibility index (Phi) is 6.09. The van der Waals surface area contributed by atoms with Crippen LogP contribution in [0.25, 0.3) is 16.9 Å². The maximum atomic E-state index is 14.9. The van der Waals surface area contributed by atoms with E-state index < -0.39 is 11.6 Å². The van der Waals surface area contributed by atoms with E-state index in [1.807, 2.05) is 12.2 Å². The number of allylic oxidation sites excluding steroid dienone is 2. The molecule has 1 fully saturated rings. The second kappa shape index (κ2) is 9.18. The van der Waals surface area contributed by atoms with Crippen LogP contribution in [0.5, 0.6) is 0 Å². The lowest BCUT2D eigenvalue weighted by Crippen LogP contribution is -2.29. The fourth-order valence-electron chi connectivity index (χ4n) is 4.96. The summed E-state index contributed by atoms with van der Waals surface area (Å²) in [5.41, 5.74) is 5.31. The van der Waals surface area contributed by atoms with Crippen molar-refractivity contribution in [3.63, 3.8) is 0 Å². The summed E-state index contributed by atoms with van der Waals surface area (Å²) in [6.07, 6.45) is 7.92. The molecule has 0 bridgehead atoms. The molecule has 6 heteroatoms. The van der Waals surface area contributed by atoms with Crippen molar-refractivity contribution < 1.29 is 13.2 Å². The molecule has 2 aromatic carbocycles. The van der Waals surface area contributed by atoms with E-state index in [0.717, 1.165) is 43.3 Å². The molecule has 0 atom stereocenters. The van der Waals surface area contributed by atoms with E-state index in [9.17, 15) is 8.78 Å². The van der Waals surface area contributed by atoms with Crippen LogP contribution >= 0.6 is 0 Å². The van der Waals surface area contributed by atoms with E-state index in [0.29, 0.717) is 23.9 Å². The number of hydrogen-bond acceptors (Lipinski definition) is 4. The van der Waals surface area contributed by atoms with E-state index in [-0.39, 0.29) is 11.5 Å². The van der Waals surface area contributed by atoms with Crippen LogP contribution in [0.3, 0.4) is 0 Å². The van der Waals surface area contributed by atoms with Gasteiger partial charge in [0, 0.05) is 36.0 Å². The Bertz CT molecular complexity index is 1250. The third-order valence-corrected chi connectivity index (χ3v) is 6.82. The van der Waals surface area contributed by atoms with Crippen LogP contribution < -0.4 is 4.90 Å². The fraction of sp³-hybridized carbons (Fsp3) is 0.321. The molecular weight excluding hydrogens is 432 g/mol. The number of nitrogens with zero attached hydrogens (tertiary/aromatic N) is 3. The molecule has 1 saturated heterocycles. The van der Waals surface area contributed by atoms with E-state index in [1.165, 1.54) is 23.3 Å². The Morgan fingerprint density at radius 1 is 1.03 bits per heavy atom. The molecule has 0 spiro atoms. The predicted molar refractivity (Wildman–Crippen MR) is 132 cm³/mol. The zero-order valence-corrected chi connectivity index (χ0v) is 19.8. The first-order valence-electron chi connectivity index (χ1n) is 11.8. The first-order chi connectivity index (χ1) is 16.4. The Balaban J connectivity index is 1.56. The van der Waals surface area contributed by atoms with Gasteiger partial charge < -0.3 is 14.2 Å². The lowest BCUT2D eigenvalue weighted by molar-refractivity contribution is 0.237. The minimum Gasteiger partial charge on any atom is -0.440 e. The molecule has 4 nitrogen and oxygen atoms in total. The van der Waals surface area contributed by atoms with Crippen LogP contribution in [0.4, 0.5) is 14.5 Å². The topological polar surface area (TPSA) is 32.5 Å². The fourth-order valence-corrected chi connectivity index (χ4v) is 4.96. The number of halogens is 2. The Hall–Kier alpha value is -3.25. The van der Waals surface area contributed by atoms with Gasteiger partial charge in [-0.25, -0.2) is 13.8 Å². The van der Waals surface area contributed by atoms with Crippen LogP contribution in [-0.2, 0) is 0 Å². The van der Waals surface area contributed by atoms with Gasteiger partial charge in [-0.05, 0) is 76.2 Å². The molecular formula is C28H29F2N3O. The summed E-state index contributed by atoms with van der Waals surface area (Å²) in [5.74, 6) is -0.0725. The van der Waals surface area contributed by atoms with Crippen LogP contribution in [0.1, 0.15) is 41.5 Å². The SMILES string of the molecule is Cc1cccc(C)c1N1C=CC=C(c2nc(C3CCN(C)CC3)oc2-c2ccc(F)cc2F)C1. The van der Waals surface area contributed by atoms with Crippen molar-refractivity contribution in [2.75, 3.05) is 31.6 Å². The number of aromatic nitrogens is 1. The summed E-state index contributed by atoms with van der Waals surface area (Å²) in [6, 6.07) is 9.85. The van der Waals surface area contributed by atoms with Crippen molar-refractivity contribution in [1.82, 2.24) is 9.88 Å². The monoisotopic (exact) mass is 461 g/mol. The van der Waals surface area contributed by atoms with Crippen molar-refractivity contribution in [3.8, 4) is 11.3 Å². The summed E-state index contributed by atoms with van der Waals surface area (Å²) in [7, 11) is 2.11. The number of para-hydroxylation sites is 1. The van der Waals surface area contributed by atoms with Gasteiger partial charge in [0.25, 0.3) is 0 Å². The summed E-state index contributed by atoms with van der Waals surface area (Å²) in [5, 5.41) is 0. The lowest BCUT2D eigenvalue weighted by atomic mass is 9.97. The summed E-state index contributed by atoms with van der Waals surface area (Å²) in [6.45, 7) is 6.71. The van der Waals surface area contributed by atoms with Gasteiger partial charge in [-0.15, -0.1) is 0 Å². The normalized spacial score (nSPS) is 17.3. The van der Waals surface area contributed by atoms with E-state index in [4.69, 9.17) is 9.40 Å². The van der Waals surface area contributed by atoms with Gasteiger partial charge in [-0.3, -0.25) is 0 Å². The van der Waals surface area contributed by atoms with E-state index in [1.54, 1.807) is 0 Å². The molecule has 0 amide bonds. The molecule has 34 heavy (non-hydrogen) atoms. The first kappa shape index (κ1) is 22.5. The van der Waals surface area contributed by atoms with Gasteiger partial charge in [-0.1, -0.05) is 24.3 Å². The van der Waals surface area contributed by atoms with Gasteiger partial charge in [0.2, 0.25) is 0 Å². The highest BCUT2D eigenvalue weighted by molar-refractivity contribution is 5.81. The summed E-state index contributed by atoms with van der Waals surface area (Å²) >= 11 is 0. The average Bonchev–Trinajstić information content (AvgIpc) is 3.25. The largest absolute Gasteiger partial charge is 0.440 e. The highest BCUT2D eigenvalue weighted by atomic mass is 19.1. The minimum absolute atomic E-state index is 0.182. The zero-order valence-electron chi connectivity index (χ0n) is 19.8. The Morgan fingerprint density at radius 3 is 2.47 bits per heavy atom. The summed E-state index contributed by atoms with van der Waals surface area (Å²) < 4.78 is 34.8. The third kappa shape index (κ3) is 4.30. The molecule has 1 aromatic heterocycles. The smallest absolute Gasteiger partial charge is 0.198 e. The number of anilines is 1. The molecule has 0 saturated carbocycles. The van der Waals surface area contributed by atoms with Gasteiger partial charge >= 0.3 is 0 Å². The number of hydrogen-bond donors (Lipinski definition) is 0. The molecule has 0 aliphatic carbocycles. The van der Waals surface area contributed by atoms with Crippen molar-refractivity contribution >= 4 is 11.3 Å². The highest BCUT2D eigenvalue weighted by Crippen LogP contribution is 2.38. The van der Waals surface area contributed by atoms with Crippen LogP contribution in [-0.4, -0.2) is 36.6 Å². The molecule has 2 aliphatic heterocycles. The number of benzene rings is 2. The van der Waals surface area contributed by atoms with Crippen LogP contribution in [0.15, 0.2) is 59.2 Å². The van der Waals surface area contributed by atoms with Crippen molar-refractivity contribution in [2.45, 2.75) is 32.6 Å². The molecule has 3 aromatic rings. The first-order valence-corrected chi connectivity index (χ1v) is 11.8. The lowest BCUT2D eigenvalue weighted by Gasteiger charge is -2.27. The van der Waals surface area contributed by atoms with Crippen molar-refractivity contribution in [3.05, 3.63) is 89.1 Å².